The van der Waals surface area contributed by atoms with Crippen LogP contribution in [0.3, 0.4) is 0 Å². The molecule has 2 fully saturated rings. The van der Waals surface area contributed by atoms with Crippen molar-refractivity contribution in [1.29, 1.82) is 0 Å². The van der Waals surface area contributed by atoms with Gasteiger partial charge >= 0.3 is 17.6 Å². The summed E-state index contributed by atoms with van der Waals surface area (Å²) in [6.07, 6.45) is 5.47. The zero-order chi connectivity index (χ0) is 78.4. The Bertz CT molecular complexity index is 4490. The maximum absolute atomic E-state index is 16.6. The Balaban J connectivity index is 1.10. The van der Waals surface area contributed by atoms with E-state index in [9.17, 15) is 0 Å². The van der Waals surface area contributed by atoms with Gasteiger partial charge in [0.15, 0.2) is 0 Å². The maximum atomic E-state index is 16.6. The summed E-state index contributed by atoms with van der Waals surface area (Å²) in [6, 6.07) is 23.7. The SMILES string of the molecule is CCN(C(=O)C(CC(C)C)N1C(=O)c2cc(Oc3cccc(F)c3)c3c4c(Oc5cccc(F)c5)cc5c6c(cc(Oc7cccc(F)c7)c(c7c(Oc8cccc(F)c8)cc(c2c37)C1=O)c64)C(=O)N(C(CC(C)C)C(=O)N(CC)C1CCCC(C[Si](OC)(OC)OC)C1)C5=O)C1CCCC(C[Si](OC)(OC)OC)C1. The van der Waals surface area contributed by atoms with Gasteiger partial charge in [-0.15, -0.1) is 0 Å². The number of halogens is 4. The average molecular weight is 1550 g/mol. The number of imide groups is 2. The van der Waals surface area contributed by atoms with E-state index >= 15 is 46.3 Å². The Kier molecular flexibility index (Phi) is 23.3. The van der Waals surface area contributed by atoms with E-state index in [1.165, 1.54) is 97.1 Å². The Hall–Kier alpha value is -9.39. The van der Waals surface area contributed by atoms with E-state index in [-0.39, 0.29) is 173 Å². The Labute approximate surface area is 638 Å². The fourth-order valence-electron chi connectivity index (χ4n) is 17.3. The van der Waals surface area contributed by atoms with Gasteiger partial charge in [-0.3, -0.25) is 38.6 Å². The molecule has 13 rings (SSSR count). The standard InChI is InChI=1S/C84H92F4N4O16Si2/c1-13-89(55-27-15-21-49(35-55)45-109(99-7,100-8)101-9)83(97)65(33-47(3)4)91-79(93)61-41-67(105-57-29-17-23-51(85)37-57)73-75-69(107-59-31-19-25-53(87)39-59)43-63-72-64(82(96)92(81(63)95)66(34-48(5)6)84(98)90(14-2)56-28-16-22-50(36-56)46-110(102-10,103-11)104-12)44-70(108-60-32-20-26-54(88)40-60)76(78(72)75)74-68(106-58-30-18-24-52(86)38-58)42-62(80(91)94)71(61)77(73)74/h17-20,23-26,29-32,37-44,47-50,55-56,65-66H,13-16,21-22,27-28,33-36,45-46H2,1-12H3. The lowest BCUT2D eigenvalue weighted by Gasteiger charge is -2.42. The molecule has 4 aliphatic rings. The van der Waals surface area contributed by atoms with Crippen LogP contribution < -0.4 is 18.9 Å². The van der Waals surface area contributed by atoms with Gasteiger partial charge in [0, 0.05) is 147 Å². The van der Waals surface area contributed by atoms with Crippen molar-refractivity contribution < 1.29 is 91.8 Å². The summed E-state index contributed by atoms with van der Waals surface area (Å²) in [4.78, 5) is 104. The average Bonchev–Trinajstić information content (AvgIpc) is 0.670. The van der Waals surface area contributed by atoms with E-state index in [0.717, 1.165) is 59.7 Å². The maximum Gasteiger partial charge on any atom is 0.500 e. The van der Waals surface area contributed by atoms with Gasteiger partial charge in [0.05, 0.1) is 22.3 Å². The second-order valence-electron chi connectivity index (χ2n) is 29.8. The molecule has 2 aliphatic carbocycles. The van der Waals surface area contributed by atoms with Gasteiger partial charge in [-0.1, -0.05) is 77.6 Å². The van der Waals surface area contributed by atoms with Crippen LogP contribution in [-0.2, 0) is 36.1 Å². The minimum atomic E-state index is -3.09. The number of amides is 6. The normalized spacial score (nSPS) is 18.2. The first-order valence-corrected chi connectivity index (χ1v) is 41.5. The Morgan fingerprint density at radius 1 is 0.409 bits per heavy atom. The molecule has 0 aromatic heterocycles. The van der Waals surface area contributed by atoms with E-state index in [1.54, 1.807) is 52.5 Å². The van der Waals surface area contributed by atoms with E-state index in [2.05, 4.69) is 0 Å². The number of hydrogen-bond donors (Lipinski definition) is 0. The van der Waals surface area contributed by atoms with Gasteiger partial charge in [-0.05, 0) is 149 Å². The summed E-state index contributed by atoms with van der Waals surface area (Å²) in [5, 5.41) is -0.0836. The van der Waals surface area contributed by atoms with Gasteiger partial charge in [-0.2, -0.15) is 0 Å². The molecule has 9 aromatic carbocycles. The molecule has 6 amide bonds. The van der Waals surface area contributed by atoms with E-state index in [0.29, 0.717) is 37.8 Å². The third-order valence-electron chi connectivity index (χ3n) is 22.2. The molecular weight excluding hydrogens is 1450 g/mol. The van der Waals surface area contributed by atoms with Crippen molar-refractivity contribution in [3.05, 3.63) is 167 Å². The fourth-order valence-corrected chi connectivity index (χ4v) is 21.5. The third-order valence-corrected chi connectivity index (χ3v) is 28.1. The lowest BCUT2D eigenvalue weighted by atomic mass is 9.80. The largest absolute Gasteiger partial charge is 0.500 e. The summed E-state index contributed by atoms with van der Waals surface area (Å²) in [6.45, 7) is 11.6. The zero-order valence-corrected chi connectivity index (χ0v) is 65.9. The predicted octanol–water partition coefficient (Wildman–Crippen LogP) is 18.1. The summed E-state index contributed by atoms with van der Waals surface area (Å²) >= 11 is 0. The van der Waals surface area contributed by atoms with Gasteiger partial charge < -0.3 is 55.3 Å². The monoisotopic (exact) mass is 1540 g/mol. The Morgan fingerprint density at radius 2 is 0.682 bits per heavy atom. The molecule has 6 atom stereocenters. The zero-order valence-electron chi connectivity index (χ0n) is 63.9. The van der Waals surface area contributed by atoms with Crippen molar-refractivity contribution in [1.82, 2.24) is 19.6 Å². The lowest BCUT2D eigenvalue weighted by Crippen LogP contribution is -2.57. The molecule has 580 valence electrons. The van der Waals surface area contributed by atoms with Crippen molar-refractivity contribution in [2.45, 2.75) is 142 Å². The number of benzene rings is 9. The minimum Gasteiger partial charge on any atom is -0.457 e. The number of hydrogen-bond acceptors (Lipinski definition) is 16. The summed E-state index contributed by atoms with van der Waals surface area (Å²) in [5.41, 5.74) is -0.717. The second kappa shape index (κ2) is 32.5. The van der Waals surface area contributed by atoms with E-state index in [4.69, 9.17) is 45.5 Å². The van der Waals surface area contributed by atoms with Crippen molar-refractivity contribution in [3.8, 4) is 46.0 Å². The highest BCUT2D eigenvalue weighted by Gasteiger charge is 2.51. The molecule has 26 heteroatoms. The highest BCUT2D eigenvalue weighted by Crippen LogP contribution is 2.59. The number of rotatable bonds is 30. The van der Waals surface area contributed by atoms with Gasteiger partial charge in [0.1, 0.15) is 81.3 Å². The van der Waals surface area contributed by atoms with Gasteiger partial charge in [-0.25, -0.2) is 17.6 Å². The molecule has 0 N–H and O–H groups in total. The first kappa shape index (κ1) is 78.7. The van der Waals surface area contributed by atoms with E-state index in [1.807, 2.05) is 41.5 Å². The third kappa shape index (κ3) is 15.0. The Morgan fingerprint density at radius 3 is 0.918 bits per heavy atom. The number of ether oxygens (including phenoxy) is 4. The number of carbonyl (C=O) groups excluding carboxylic acids is 6. The molecule has 6 unspecified atom stereocenters. The molecular formula is C84H92F4N4O16Si2. The van der Waals surface area contributed by atoms with E-state index < -0.39 is 88.4 Å². The molecule has 0 bridgehead atoms. The molecule has 0 radical (unpaired) electrons. The van der Waals surface area contributed by atoms with Crippen molar-refractivity contribution in [3.63, 3.8) is 0 Å². The topological polar surface area (TPSA) is 208 Å². The summed E-state index contributed by atoms with van der Waals surface area (Å²) in [7, 11) is 3.15. The van der Waals surface area contributed by atoms with Crippen molar-refractivity contribution >= 4 is 96.1 Å². The van der Waals surface area contributed by atoms with Crippen LogP contribution in [0, 0.1) is 46.9 Å². The molecule has 20 nitrogen and oxygen atoms in total. The molecule has 0 saturated heterocycles. The van der Waals surface area contributed by atoms with Gasteiger partial charge in [0.2, 0.25) is 11.8 Å². The van der Waals surface area contributed by atoms with Crippen LogP contribution in [0.4, 0.5) is 17.6 Å². The second-order valence-corrected chi connectivity index (χ2v) is 35.8. The quantitative estimate of drug-likeness (QED) is 0.0135. The first-order chi connectivity index (χ1) is 52.8. The van der Waals surface area contributed by atoms with Crippen molar-refractivity contribution in [2.24, 2.45) is 23.7 Å². The van der Waals surface area contributed by atoms with Gasteiger partial charge in [0.25, 0.3) is 23.6 Å². The minimum absolute atomic E-state index is 0.00264. The van der Waals surface area contributed by atoms with Crippen LogP contribution in [0.1, 0.15) is 147 Å². The van der Waals surface area contributed by atoms with Crippen LogP contribution in [0.2, 0.25) is 12.1 Å². The summed E-state index contributed by atoms with van der Waals surface area (Å²) < 4.78 is 126. The number of nitrogens with zero attached hydrogens (tertiary/aromatic N) is 4. The van der Waals surface area contributed by atoms with Crippen LogP contribution in [0.15, 0.2) is 121 Å². The van der Waals surface area contributed by atoms with Crippen LogP contribution in [0.25, 0.3) is 43.1 Å². The highest BCUT2D eigenvalue weighted by molar-refractivity contribution is 6.61. The fraction of sp³-hybridized carbons (Fsp3) is 0.405. The van der Waals surface area contributed by atoms with Crippen LogP contribution in [-0.4, -0.2) is 153 Å². The molecule has 110 heavy (non-hydrogen) atoms. The molecule has 2 aliphatic heterocycles. The molecule has 0 spiro atoms. The number of likely N-dealkylation sites (N-methyl/N-ethyl adjacent to an activating group) is 2. The van der Waals surface area contributed by atoms with Crippen LogP contribution >= 0.6 is 0 Å². The molecule has 2 saturated carbocycles. The van der Waals surface area contributed by atoms with Crippen molar-refractivity contribution in [2.75, 3.05) is 55.7 Å². The first-order valence-electron chi connectivity index (χ1n) is 37.6. The molecule has 2 heterocycles. The predicted molar refractivity (Wildman–Crippen MR) is 410 cm³/mol. The number of carbonyl (C=O) groups is 6. The molecule has 9 aromatic rings. The summed E-state index contributed by atoms with van der Waals surface area (Å²) in [5.74, 6) is -9.33. The lowest BCUT2D eigenvalue weighted by molar-refractivity contribution is -0.139. The van der Waals surface area contributed by atoms with Crippen LogP contribution in [0.5, 0.6) is 46.0 Å². The smallest absolute Gasteiger partial charge is 0.457 e. The highest BCUT2D eigenvalue weighted by atomic mass is 28.4. The number of fused-ring (bicyclic) bond motifs is 2.